The second-order valence-corrected chi connectivity index (χ2v) is 9.64. The van der Waals surface area contributed by atoms with Crippen LogP contribution in [-0.4, -0.2) is 49.6 Å². The van der Waals surface area contributed by atoms with Crippen LogP contribution < -0.4 is 31.3 Å². The maximum Gasteiger partial charge on any atom is 0.289 e. The maximum atomic E-state index is 6.50. The standard InChI is InChI=1S/C22H27ClN6O2S/c1-13-10-31-22(27-13)29-14-2-4-18-16(8-14)21(26-12-25-18)28-15-3-5-19(17(23)9-15)30-11-20-24-6-7-32-20/h2-5,8-9,13,20-21,24-26,28H,6-7,10-12H2,1H3,(H,27,29)/t13-,20?,21?/m1/s1. The van der Waals surface area contributed by atoms with Crippen LogP contribution in [0.3, 0.4) is 0 Å². The molecular weight excluding hydrogens is 448 g/mol. The van der Waals surface area contributed by atoms with Crippen molar-refractivity contribution in [1.29, 1.82) is 0 Å². The third-order valence-electron chi connectivity index (χ3n) is 5.42. The highest BCUT2D eigenvalue weighted by Gasteiger charge is 2.22. The Morgan fingerprint density at radius 3 is 2.91 bits per heavy atom. The number of ether oxygens (including phenoxy) is 2. The van der Waals surface area contributed by atoms with E-state index >= 15 is 0 Å². The summed E-state index contributed by atoms with van der Waals surface area (Å²) in [7, 11) is 0. The highest BCUT2D eigenvalue weighted by molar-refractivity contribution is 8.00. The first-order chi connectivity index (χ1) is 15.6. The number of anilines is 3. The van der Waals surface area contributed by atoms with Crippen LogP contribution in [0.25, 0.3) is 0 Å². The topological polar surface area (TPSA) is 91.0 Å². The number of benzene rings is 2. The maximum absolute atomic E-state index is 6.50. The van der Waals surface area contributed by atoms with Crippen LogP contribution in [-0.2, 0) is 4.74 Å². The SMILES string of the molecule is C[C@@H]1COC(Nc2ccc3c(c2)C(Nc2ccc(OCC4NCCS4)c(Cl)c2)NCN3)=N1. The molecular formula is C22H27ClN6O2S. The van der Waals surface area contributed by atoms with Crippen LogP contribution in [0.15, 0.2) is 41.4 Å². The minimum absolute atomic E-state index is 0.0831. The van der Waals surface area contributed by atoms with Gasteiger partial charge < -0.3 is 30.7 Å². The zero-order valence-electron chi connectivity index (χ0n) is 17.8. The monoisotopic (exact) mass is 474 g/mol. The number of fused-ring (bicyclic) bond motifs is 1. The first kappa shape index (κ1) is 21.5. The molecule has 170 valence electrons. The minimum atomic E-state index is -0.0831. The molecule has 1 fully saturated rings. The summed E-state index contributed by atoms with van der Waals surface area (Å²) in [5.41, 5.74) is 4.00. The van der Waals surface area contributed by atoms with Crippen molar-refractivity contribution < 1.29 is 9.47 Å². The molecule has 0 amide bonds. The minimum Gasteiger partial charge on any atom is -0.490 e. The molecule has 3 aliphatic heterocycles. The quantitative estimate of drug-likeness (QED) is 0.433. The van der Waals surface area contributed by atoms with Gasteiger partial charge in [0, 0.05) is 34.9 Å². The lowest BCUT2D eigenvalue weighted by Gasteiger charge is -2.30. The smallest absolute Gasteiger partial charge is 0.289 e. The van der Waals surface area contributed by atoms with E-state index in [0.717, 1.165) is 34.9 Å². The van der Waals surface area contributed by atoms with Crippen molar-refractivity contribution in [3.63, 3.8) is 0 Å². The summed E-state index contributed by atoms with van der Waals surface area (Å²) in [5, 5.41) is 17.9. The fourth-order valence-electron chi connectivity index (χ4n) is 3.82. The Hall–Kier alpha value is -2.33. The van der Waals surface area contributed by atoms with Crippen molar-refractivity contribution in [2.24, 2.45) is 4.99 Å². The first-order valence-corrected chi connectivity index (χ1v) is 12.2. The van der Waals surface area contributed by atoms with Crippen LogP contribution in [0.5, 0.6) is 5.75 Å². The van der Waals surface area contributed by atoms with Crippen molar-refractivity contribution >= 4 is 46.4 Å². The van der Waals surface area contributed by atoms with Crippen molar-refractivity contribution in [3.05, 3.63) is 47.0 Å². The Bertz CT molecular complexity index is 1000. The molecule has 0 aliphatic carbocycles. The predicted octanol–water partition coefficient (Wildman–Crippen LogP) is 3.65. The van der Waals surface area contributed by atoms with Crippen LogP contribution in [0.4, 0.5) is 17.1 Å². The average molecular weight is 475 g/mol. The molecule has 2 aromatic rings. The third kappa shape index (κ3) is 5.01. The largest absolute Gasteiger partial charge is 0.490 e. The summed E-state index contributed by atoms with van der Waals surface area (Å²) >= 11 is 8.38. The van der Waals surface area contributed by atoms with E-state index in [-0.39, 0.29) is 12.2 Å². The third-order valence-corrected chi connectivity index (χ3v) is 6.86. The van der Waals surface area contributed by atoms with Gasteiger partial charge in [-0.1, -0.05) is 11.6 Å². The highest BCUT2D eigenvalue weighted by atomic mass is 35.5. The lowest BCUT2D eigenvalue weighted by atomic mass is 10.1. The van der Waals surface area contributed by atoms with Crippen molar-refractivity contribution in [2.45, 2.75) is 24.5 Å². The molecule has 1 saturated heterocycles. The van der Waals surface area contributed by atoms with E-state index in [9.17, 15) is 0 Å². The Morgan fingerprint density at radius 2 is 2.12 bits per heavy atom. The lowest BCUT2D eigenvalue weighted by molar-refractivity contribution is 0.307. The summed E-state index contributed by atoms with van der Waals surface area (Å²) in [5.74, 6) is 1.82. The van der Waals surface area contributed by atoms with E-state index in [2.05, 4.69) is 43.7 Å². The van der Waals surface area contributed by atoms with Gasteiger partial charge >= 0.3 is 0 Å². The predicted molar refractivity (Wildman–Crippen MR) is 132 cm³/mol. The Balaban J connectivity index is 1.27. The average Bonchev–Trinajstić information content (AvgIpc) is 3.45. The summed E-state index contributed by atoms with van der Waals surface area (Å²) in [4.78, 5) is 4.45. The number of hydrogen-bond acceptors (Lipinski definition) is 9. The molecule has 8 nitrogen and oxygen atoms in total. The van der Waals surface area contributed by atoms with E-state index in [1.807, 2.05) is 43.0 Å². The molecule has 0 bridgehead atoms. The van der Waals surface area contributed by atoms with Gasteiger partial charge in [-0.25, -0.2) is 4.99 Å². The van der Waals surface area contributed by atoms with Gasteiger partial charge in [0.25, 0.3) is 6.02 Å². The van der Waals surface area contributed by atoms with E-state index in [4.69, 9.17) is 21.1 Å². The Morgan fingerprint density at radius 1 is 1.22 bits per heavy atom. The molecule has 5 N–H and O–H groups in total. The van der Waals surface area contributed by atoms with E-state index in [1.165, 1.54) is 0 Å². The molecule has 32 heavy (non-hydrogen) atoms. The van der Waals surface area contributed by atoms with Crippen molar-refractivity contribution in [3.8, 4) is 5.75 Å². The van der Waals surface area contributed by atoms with E-state index < -0.39 is 0 Å². The van der Waals surface area contributed by atoms with Crippen molar-refractivity contribution in [1.82, 2.24) is 10.6 Å². The van der Waals surface area contributed by atoms with E-state index in [1.54, 1.807) is 0 Å². The van der Waals surface area contributed by atoms with Crippen LogP contribution in [0.1, 0.15) is 18.7 Å². The molecule has 0 radical (unpaired) electrons. The van der Waals surface area contributed by atoms with Gasteiger partial charge in [-0.2, -0.15) is 0 Å². The zero-order valence-corrected chi connectivity index (χ0v) is 19.4. The number of aliphatic imine (C=N–C) groups is 1. The molecule has 0 spiro atoms. The lowest BCUT2D eigenvalue weighted by Crippen LogP contribution is -2.37. The Kier molecular flexibility index (Phi) is 6.49. The second kappa shape index (κ2) is 9.66. The van der Waals surface area contributed by atoms with Gasteiger partial charge in [0.2, 0.25) is 0 Å². The van der Waals surface area contributed by atoms with Crippen LogP contribution in [0.2, 0.25) is 5.02 Å². The fourth-order valence-corrected chi connectivity index (χ4v) is 4.98. The fraction of sp³-hybridized carbons (Fsp3) is 0.409. The molecule has 0 saturated carbocycles. The number of hydrogen-bond donors (Lipinski definition) is 5. The molecule has 3 atom stereocenters. The van der Waals surface area contributed by atoms with Gasteiger partial charge in [-0.3, -0.25) is 5.32 Å². The molecule has 3 aliphatic rings. The van der Waals surface area contributed by atoms with Gasteiger partial charge in [-0.15, -0.1) is 11.8 Å². The number of rotatable bonds is 6. The van der Waals surface area contributed by atoms with Gasteiger partial charge in [-0.05, 0) is 43.3 Å². The molecule has 2 aromatic carbocycles. The summed E-state index contributed by atoms with van der Waals surface area (Å²) in [6.45, 7) is 4.92. The van der Waals surface area contributed by atoms with Crippen molar-refractivity contribution in [2.75, 3.05) is 48.1 Å². The first-order valence-electron chi connectivity index (χ1n) is 10.8. The molecule has 3 heterocycles. The van der Waals surface area contributed by atoms with Gasteiger partial charge in [0.1, 0.15) is 25.1 Å². The number of halogens is 1. The van der Waals surface area contributed by atoms with Gasteiger partial charge in [0.05, 0.1) is 23.1 Å². The zero-order chi connectivity index (χ0) is 21.9. The second-order valence-electron chi connectivity index (χ2n) is 7.93. The summed E-state index contributed by atoms with van der Waals surface area (Å²) in [6.07, 6.45) is -0.0831. The van der Waals surface area contributed by atoms with E-state index in [0.29, 0.717) is 42.1 Å². The van der Waals surface area contributed by atoms with Crippen LogP contribution >= 0.6 is 23.4 Å². The molecule has 10 heteroatoms. The number of thioether (sulfide) groups is 1. The molecule has 0 aromatic heterocycles. The molecule has 2 unspecified atom stereocenters. The highest BCUT2D eigenvalue weighted by Crippen LogP contribution is 2.33. The van der Waals surface area contributed by atoms with Gasteiger partial charge in [0.15, 0.2) is 0 Å². The van der Waals surface area contributed by atoms with Crippen LogP contribution in [0, 0.1) is 0 Å². The number of amidine groups is 1. The Labute approximate surface area is 196 Å². The number of nitrogens with zero attached hydrogens (tertiary/aromatic N) is 1. The summed E-state index contributed by atoms with van der Waals surface area (Å²) < 4.78 is 11.5. The number of nitrogens with one attached hydrogen (secondary N) is 5. The normalized spacial score (nSPS) is 24.2. The summed E-state index contributed by atoms with van der Waals surface area (Å²) in [6, 6.07) is 12.7. The molecule has 5 rings (SSSR count).